The molecular weight excluding hydrogens is 267 g/mol. The summed E-state index contributed by atoms with van der Waals surface area (Å²) in [4.78, 5) is 4.11. The van der Waals surface area contributed by atoms with Crippen molar-refractivity contribution < 1.29 is 9.13 Å². The van der Waals surface area contributed by atoms with E-state index in [1.807, 2.05) is 6.92 Å². The molecule has 0 unspecified atom stereocenters. The minimum atomic E-state index is -0.362. The molecule has 21 heavy (non-hydrogen) atoms. The van der Waals surface area contributed by atoms with E-state index in [-0.39, 0.29) is 11.6 Å². The maximum atomic E-state index is 13.8. The molecule has 1 heterocycles. The van der Waals surface area contributed by atoms with Gasteiger partial charge in [0.05, 0.1) is 0 Å². The highest BCUT2D eigenvalue weighted by atomic mass is 19.1. The Hall–Kier alpha value is -1.94. The Morgan fingerprint density at radius 2 is 2.05 bits per heavy atom. The fraction of sp³-hybridized carbons (Fsp3) is 0.353. The van der Waals surface area contributed by atoms with Gasteiger partial charge in [0.25, 0.3) is 0 Å². The zero-order valence-corrected chi connectivity index (χ0v) is 12.7. The Morgan fingerprint density at radius 1 is 1.24 bits per heavy atom. The molecule has 1 aromatic carbocycles. The number of hydrogen-bond donors (Lipinski definition) is 1. The quantitative estimate of drug-likeness (QED) is 0.870. The Kier molecular flexibility index (Phi) is 5.28. The van der Waals surface area contributed by atoms with E-state index in [0.717, 1.165) is 17.7 Å². The number of rotatable bonds is 6. The number of ether oxygens (including phenoxy) is 1. The van der Waals surface area contributed by atoms with Crippen LogP contribution in [-0.4, -0.2) is 11.5 Å². The van der Waals surface area contributed by atoms with E-state index in [1.165, 1.54) is 6.07 Å². The van der Waals surface area contributed by atoms with E-state index in [4.69, 9.17) is 4.74 Å². The first kappa shape index (κ1) is 15.4. The summed E-state index contributed by atoms with van der Waals surface area (Å²) >= 11 is 0. The molecule has 0 aliphatic heterocycles. The zero-order valence-electron chi connectivity index (χ0n) is 12.7. The van der Waals surface area contributed by atoms with Crippen LogP contribution < -0.4 is 10.1 Å². The first-order valence-corrected chi connectivity index (χ1v) is 7.14. The number of pyridine rings is 1. The van der Waals surface area contributed by atoms with Crippen molar-refractivity contribution in [2.45, 2.75) is 27.3 Å². The van der Waals surface area contributed by atoms with Gasteiger partial charge in [-0.25, -0.2) is 4.39 Å². The van der Waals surface area contributed by atoms with Crippen molar-refractivity contribution in [3.8, 4) is 11.5 Å². The van der Waals surface area contributed by atoms with Crippen molar-refractivity contribution in [1.29, 1.82) is 0 Å². The summed E-state index contributed by atoms with van der Waals surface area (Å²) in [6.07, 6.45) is 3.39. The number of halogens is 1. The molecule has 0 spiro atoms. The topological polar surface area (TPSA) is 34.1 Å². The van der Waals surface area contributed by atoms with Crippen LogP contribution in [0.3, 0.4) is 0 Å². The minimum Gasteiger partial charge on any atom is -0.454 e. The Bertz CT molecular complexity index is 599. The van der Waals surface area contributed by atoms with Gasteiger partial charge in [0.2, 0.25) is 0 Å². The van der Waals surface area contributed by atoms with Crippen LogP contribution in [0.25, 0.3) is 0 Å². The number of nitrogens with zero attached hydrogens (tertiary/aromatic N) is 1. The molecule has 0 atom stereocenters. The fourth-order valence-corrected chi connectivity index (χ4v) is 1.95. The van der Waals surface area contributed by atoms with Crippen LogP contribution in [0, 0.1) is 18.7 Å². The zero-order chi connectivity index (χ0) is 15.2. The highest BCUT2D eigenvalue weighted by molar-refractivity contribution is 5.38. The van der Waals surface area contributed by atoms with Crippen molar-refractivity contribution >= 4 is 0 Å². The molecule has 0 radical (unpaired) electrons. The van der Waals surface area contributed by atoms with Crippen LogP contribution in [0.1, 0.15) is 25.0 Å². The second-order valence-corrected chi connectivity index (χ2v) is 5.54. The largest absolute Gasteiger partial charge is 0.454 e. The molecule has 2 aromatic rings. The third-order valence-electron chi connectivity index (χ3n) is 3.03. The number of hydrogen-bond acceptors (Lipinski definition) is 3. The van der Waals surface area contributed by atoms with Gasteiger partial charge in [0, 0.05) is 24.5 Å². The summed E-state index contributed by atoms with van der Waals surface area (Å²) in [5.41, 5.74) is 1.87. The third kappa shape index (κ3) is 4.53. The lowest BCUT2D eigenvalue weighted by Gasteiger charge is -2.13. The number of aromatic nitrogens is 1. The van der Waals surface area contributed by atoms with Crippen LogP contribution in [-0.2, 0) is 6.54 Å². The second-order valence-electron chi connectivity index (χ2n) is 5.54. The molecule has 4 heteroatoms. The number of nitrogens with one attached hydrogen (secondary N) is 1. The van der Waals surface area contributed by atoms with Crippen molar-refractivity contribution in [3.05, 3.63) is 53.6 Å². The van der Waals surface area contributed by atoms with Gasteiger partial charge < -0.3 is 10.1 Å². The van der Waals surface area contributed by atoms with Gasteiger partial charge in [-0.2, -0.15) is 0 Å². The lowest BCUT2D eigenvalue weighted by molar-refractivity contribution is 0.433. The number of benzene rings is 1. The normalized spacial score (nSPS) is 10.9. The maximum absolute atomic E-state index is 13.8. The van der Waals surface area contributed by atoms with E-state index in [9.17, 15) is 4.39 Å². The van der Waals surface area contributed by atoms with Gasteiger partial charge >= 0.3 is 0 Å². The predicted octanol–water partition coefficient (Wildman–Crippen LogP) is 4.07. The lowest BCUT2D eigenvalue weighted by Crippen LogP contribution is -2.19. The summed E-state index contributed by atoms with van der Waals surface area (Å²) < 4.78 is 19.5. The molecule has 0 fully saturated rings. The lowest BCUT2D eigenvalue weighted by atomic mass is 10.2. The molecule has 2 rings (SSSR count). The summed E-state index contributed by atoms with van der Waals surface area (Å²) in [7, 11) is 0. The number of aryl methyl sites for hydroxylation is 1. The van der Waals surface area contributed by atoms with Gasteiger partial charge in [-0.15, -0.1) is 0 Å². The fourth-order valence-electron chi connectivity index (χ4n) is 1.95. The van der Waals surface area contributed by atoms with Crippen LogP contribution in [0.5, 0.6) is 11.5 Å². The van der Waals surface area contributed by atoms with Crippen molar-refractivity contribution in [2.75, 3.05) is 6.54 Å². The summed E-state index contributed by atoms with van der Waals surface area (Å²) in [6.45, 7) is 7.76. The van der Waals surface area contributed by atoms with Gasteiger partial charge in [-0.1, -0.05) is 19.9 Å². The first-order valence-electron chi connectivity index (χ1n) is 7.14. The molecule has 3 nitrogen and oxygen atoms in total. The second kappa shape index (κ2) is 7.18. The van der Waals surface area contributed by atoms with Gasteiger partial charge in [0.1, 0.15) is 5.75 Å². The average Bonchev–Trinajstić information content (AvgIpc) is 2.44. The molecule has 0 bridgehead atoms. The van der Waals surface area contributed by atoms with Crippen LogP contribution in [0.15, 0.2) is 36.7 Å². The molecule has 0 aliphatic carbocycles. The summed E-state index contributed by atoms with van der Waals surface area (Å²) in [5, 5.41) is 3.34. The van der Waals surface area contributed by atoms with Crippen LogP contribution >= 0.6 is 0 Å². The van der Waals surface area contributed by atoms with E-state index in [0.29, 0.717) is 18.2 Å². The van der Waals surface area contributed by atoms with E-state index < -0.39 is 0 Å². The molecular formula is C17H21FN2O. The van der Waals surface area contributed by atoms with Gasteiger partial charge in [0.15, 0.2) is 11.6 Å². The summed E-state index contributed by atoms with van der Waals surface area (Å²) in [6, 6.07) is 6.59. The Labute approximate surface area is 125 Å². The maximum Gasteiger partial charge on any atom is 0.165 e. The smallest absolute Gasteiger partial charge is 0.165 e. The van der Waals surface area contributed by atoms with Gasteiger partial charge in [-0.3, -0.25) is 4.98 Å². The molecule has 0 aliphatic rings. The molecule has 112 valence electrons. The Morgan fingerprint density at radius 3 is 2.81 bits per heavy atom. The van der Waals surface area contributed by atoms with Crippen molar-refractivity contribution in [1.82, 2.24) is 10.3 Å². The third-order valence-corrected chi connectivity index (χ3v) is 3.03. The molecule has 0 amide bonds. The highest BCUT2D eigenvalue weighted by Crippen LogP contribution is 2.27. The highest BCUT2D eigenvalue weighted by Gasteiger charge is 2.09. The van der Waals surface area contributed by atoms with E-state index in [2.05, 4.69) is 24.1 Å². The van der Waals surface area contributed by atoms with Crippen molar-refractivity contribution in [2.24, 2.45) is 5.92 Å². The minimum absolute atomic E-state index is 0.242. The molecule has 1 N–H and O–H groups in total. The van der Waals surface area contributed by atoms with E-state index >= 15 is 0 Å². The molecule has 1 aromatic heterocycles. The van der Waals surface area contributed by atoms with Crippen LogP contribution in [0.4, 0.5) is 4.39 Å². The van der Waals surface area contributed by atoms with E-state index in [1.54, 1.807) is 30.6 Å². The summed E-state index contributed by atoms with van der Waals surface area (Å²) in [5.74, 6) is 1.08. The average molecular weight is 288 g/mol. The first-order chi connectivity index (χ1) is 10.1. The van der Waals surface area contributed by atoms with Gasteiger partial charge in [-0.05, 0) is 43.1 Å². The SMILES string of the molecule is Cc1ccc(F)c(Oc2ccncc2CNCC(C)C)c1. The Balaban J connectivity index is 2.14. The molecule has 0 saturated heterocycles. The van der Waals surface area contributed by atoms with Crippen molar-refractivity contribution in [3.63, 3.8) is 0 Å². The predicted molar refractivity (Wildman–Crippen MR) is 82.0 cm³/mol. The standard InChI is InChI=1S/C17H21FN2O/c1-12(2)9-20-11-14-10-19-7-6-16(14)21-17-8-13(3)4-5-15(17)18/h4-8,10,12,20H,9,11H2,1-3H3. The monoisotopic (exact) mass is 288 g/mol. The van der Waals surface area contributed by atoms with Crippen LogP contribution in [0.2, 0.25) is 0 Å². The molecule has 0 saturated carbocycles.